The Morgan fingerprint density at radius 2 is 2.03 bits per heavy atom. The van der Waals surface area contributed by atoms with Crippen LogP contribution in [0, 0.1) is 10.1 Å². The minimum absolute atomic E-state index is 0.0282. The number of aromatic nitrogens is 1. The van der Waals surface area contributed by atoms with Gasteiger partial charge < -0.3 is 14.4 Å². The summed E-state index contributed by atoms with van der Waals surface area (Å²) in [7, 11) is -2.08. The molecule has 0 saturated carbocycles. The Morgan fingerprint density at radius 3 is 2.63 bits per heavy atom. The van der Waals surface area contributed by atoms with E-state index in [4.69, 9.17) is 9.47 Å². The van der Waals surface area contributed by atoms with E-state index in [1.807, 2.05) is 0 Å². The molecule has 1 unspecified atom stereocenters. The van der Waals surface area contributed by atoms with Crippen molar-refractivity contribution in [1.29, 1.82) is 0 Å². The first-order valence-electron chi connectivity index (χ1n) is 9.09. The maximum atomic E-state index is 13.1. The second-order valence-corrected chi connectivity index (χ2v) is 8.97. The lowest BCUT2D eigenvalue weighted by molar-refractivity contribution is -0.385. The lowest BCUT2D eigenvalue weighted by Gasteiger charge is -2.27. The van der Waals surface area contributed by atoms with Gasteiger partial charge in [0.15, 0.2) is 5.75 Å². The van der Waals surface area contributed by atoms with Gasteiger partial charge >= 0.3 is 0 Å². The average Bonchev–Trinajstić information content (AvgIpc) is 3.02. The van der Waals surface area contributed by atoms with Crippen molar-refractivity contribution >= 4 is 21.4 Å². The first-order valence-corrected chi connectivity index (χ1v) is 11.1. The number of carbonyl (C=O) groups excluding carboxylic acids is 1. The van der Waals surface area contributed by atoms with Crippen LogP contribution in [0.2, 0.25) is 0 Å². The van der Waals surface area contributed by atoms with E-state index < -0.39 is 32.5 Å². The third kappa shape index (κ3) is 4.20. The van der Waals surface area contributed by atoms with Gasteiger partial charge in [-0.3, -0.25) is 14.9 Å². The molecule has 1 aliphatic heterocycles. The van der Waals surface area contributed by atoms with E-state index in [0.717, 1.165) is 6.26 Å². The monoisotopic (exact) mass is 435 g/mol. The highest BCUT2D eigenvalue weighted by molar-refractivity contribution is 7.90. The van der Waals surface area contributed by atoms with Crippen LogP contribution < -0.4 is 9.47 Å². The zero-order valence-electron chi connectivity index (χ0n) is 16.7. The molecule has 160 valence electrons. The van der Waals surface area contributed by atoms with Gasteiger partial charge in [-0.25, -0.2) is 13.4 Å². The van der Waals surface area contributed by atoms with Crippen LogP contribution in [-0.2, 0) is 16.4 Å². The number of nitro groups is 1. The van der Waals surface area contributed by atoms with Crippen molar-refractivity contribution in [1.82, 2.24) is 9.88 Å². The number of nitro benzene ring substituents is 1. The molecule has 11 heteroatoms. The lowest BCUT2D eigenvalue weighted by atomic mass is 10.1. The number of rotatable bonds is 8. The number of ether oxygens (including phenoxy) is 2. The molecule has 2 heterocycles. The summed E-state index contributed by atoms with van der Waals surface area (Å²) in [5.41, 5.74) is 0.412. The van der Waals surface area contributed by atoms with E-state index in [9.17, 15) is 23.3 Å². The predicted molar refractivity (Wildman–Crippen MR) is 107 cm³/mol. The summed E-state index contributed by atoms with van der Waals surface area (Å²) in [6.07, 6.45) is 1.06. The molecule has 1 aliphatic rings. The number of pyridine rings is 1. The van der Waals surface area contributed by atoms with Crippen LogP contribution in [0.25, 0.3) is 0 Å². The average molecular weight is 435 g/mol. The van der Waals surface area contributed by atoms with Gasteiger partial charge in [0.05, 0.1) is 36.1 Å². The normalized spacial score (nSPS) is 14.4. The van der Waals surface area contributed by atoms with Crippen molar-refractivity contribution in [3.63, 3.8) is 0 Å². The molecule has 1 atom stereocenters. The highest BCUT2D eigenvalue weighted by atomic mass is 32.2. The number of nitrogens with zero attached hydrogens (tertiary/aromatic N) is 3. The molecule has 0 radical (unpaired) electrons. The third-order valence-electron chi connectivity index (χ3n) is 4.67. The Hall–Kier alpha value is -3.21. The Labute approximate surface area is 173 Å². The molecule has 10 nitrogen and oxygen atoms in total. The summed E-state index contributed by atoms with van der Waals surface area (Å²) in [5.74, 6) is -0.469. The summed E-state index contributed by atoms with van der Waals surface area (Å²) in [4.78, 5) is 29.5. The van der Waals surface area contributed by atoms with Gasteiger partial charge in [0.1, 0.15) is 15.4 Å². The number of fused-ring (bicyclic) bond motifs is 1. The molecule has 0 aliphatic carbocycles. The number of sulfone groups is 1. The van der Waals surface area contributed by atoms with Gasteiger partial charge in [0.2, 0.25) is 0 Å². The molecule has 1 aromatic carbocycles. The molecule has 30 heavy (non-hydrogen) atoms. The van der Waals surface area contributed by atoms with Gasteiger partial charge in [-0.05, 0) is 24.6 Å². The van der Waals surface area contributed by atoms with Crippen LogP contribution in [0.1, 0.15) is 34.6 Å². The summed E-state index contributed by atoms with van der Waals surface area (Å²) >= 11 is 0. The highest BCUT2D eigenvalue weighted by Gasteiger charge is 2.40. The van der Waals surface area contributed by atoms with Gasteiger partial charge in [-0.15, -0.1) is 0 Å². The number of hydrogen-bond acceptors (Lipinski definition) is 8. The van der Waals surface area contributed by atoms with Gasteiger partial charge in [0.25, 0.3) is 17.5 Å². The number of methoxy groups -OCH3 is 1. The fourth-order valence-electron chi connectivity index (χ4n) is 3.41. The maximum absolute atomic E-state index is 13.1. The summed E-state index contributed by atoms with van der Waals surface area (Å²) in [6, 6.07) is 6.55. The van der Waals surface area contributed by atoms with E-state index >= 15 is 0 Å². The Kier molecular flexibility index (Phi) is 5.92. The van der Waals surface area contributed by atoms with Crippen molar-refractivity contribution in [2.45, 2.75) is 19.5 Å². The molecule has 0 N–H and O–H groups in total. The first-order chi connectivity index (χ1) is 14.2. The zero-order chi connectivity index (χ0) is 22.1. The van der Waals surface area contributed by atoms with Crippen molar-refractivity contribution in [3.8, 4) is 11.6 Å². The molecule has 0 fully saturated rings. The van der Waals surface area contributed by atoms with Crippen LogP contribution in [0.4, 0.5) is 5.69 Å². The summed E-state index contributed by atoms with van der Waals surface area (Å²) < 4.78 is 34.9. The molecule has 1 amide bonds. The fraction of sp³-hybridized carbons (Fsp3) is 0.368. The molecule has 3 rings (SSSR count). The molecule has 0 spiro atoms. The SMILES string of the molecule is CCOc1nc(C(CS(C)(=O)=O)N2Cc3cccc([N+](=O)[O-])c3C2=O)ccc1OC. The molecular formula is C19H21N3O7S. The molecular weight excluding hydrogens is 414 g/mol. The van der Waals surface area contributed by atoms with E-state index in [1.165, 1.54) is 24.1 Å². The second kappa shape index (κ2) is 8.27. The smallest absolute Gasteiger partial charge is 0.282 e. The number of hydrogen-bond donors (Lipinski definition) is 0. The Morgan fingerprint density at radius 1 is 1.30 bits per heavy atom. The van der Waals surface area contributed by atoms with Crippen LogP contribution in [0.3, 0.4) is 0 Å². The van der Waals surface area contributed by atoms with Gasteiger partial charge in [-0.2, -0.15) is 0 Å². The second-order valence-electron chi connectivity index (χ2n) is 6.79. The Balaban J connectivity index is 2.08. The molecule has 2 aromatic rings. The van der Waals surface area contributed by atoms with Crippen LogP contribution in [-0.4, -0.2) is 54.9 Å². The Bertz CT molecular complexity index is 1100. The number of carbonyl (C=O) groups is 1. The molecule has 0 bridgehead atoms. The van der Waals surface area contributed by atoms with E-state index in [-0.39, 0.29) is 29.4 Å². The minimum Gasteiger partial charge on any atom is -0.491 e. The predicted octanol–water partition coefficient (Wildman–Crippen LogP) is 2.14. The maximum Gasteiger partial charge on any atom is 0.282 e. The zero-order valence-corrected chi connectivity index (χ0v) is 17.5. The number of amides is 1. The summed E-state index contributed by atoms with van der Waals surface area (Å²) in [6.45, 7) is 2.11. The van der Waals surface area contributed by atoms with Crippen molar-refractivity contribution < 1.29 is 27.6 Å². The fourth-order valence-corrected chi connectivity index (χ4v) is 4.34. The van der Waals surface area contributed by atoms with E-state index in [0.29, 0.717) is 17.9 Å². The largest absolute Gasteiger partial charge is 0.491 e. The van der Waals surface area contributed by atoms with E-state index in [2.05, 4.69) is 4.98 Å². The van der Waals surface area contributed by atoms with E-state index in [1.54, 1.807) is 25.1 Å². The van der Waals surface area contributed by atoms with Crippen molar-refractivity contribution in [2.75, 3.05) is 25.7 Å². The first kappa shape index (κ1) is 21.5. The van der Waals surface area contributed by atoms with Crippen LogP contribution in [0.5, 0.6) is 11.6 Å². The highest BCUT2D eigenvalue weighted by Crippen LogP contribution is 2.37. The minimum atomic E-state index is -3.53. The van der Waals surface area contributed by atoms with Crippen LogP contribution in [0.15, 0.2) is 30.3 Å². The van der Waals surface area contributed by atoms with Crippen molar-refractivity contribution in [3.05, 3.63) is 57.3 Å². The van der Waals surface area contributed by atoms with Crippen LogP contribution >= 0.6 is 0 Å². The summed E-state index contributed by atoms with van der Waals surface area (Å²) in [5, 5.41) is 11.4. The molecule has 1 aromatic heterocycles. The topological polar surface area (TPSA) is 129 Å². The number of benzene rings is 1. The van der Waals surface area contributed by atoms with Gasteiger partial charge in [0, 0.05) is 18.9 Å². The third-order valence-corrected chi connectivity index (χ3v) is 5.59. The lowest BCUT2D eigenvalue weighted by Crippen LogP contribution is -2.34. The van der Waals surface area contributed by atoms with Gasteiger partial charge in [-0.1, -0.05) is 12.1 Å². The molecule has 0 saturated heterocycles. The quantitative estimate of drug-likeness (QED) is 0.455. The standard InChI is InChI=1S/C19H21N3O7S/c1-4-29-18-16(28-2)9-8-13(20-18)15(11-30(3,26)27)21-10-12-6-5-7-14(22(24)25)17(12)19(21)23/h5-9,15H,4,10-11H2,1-3H3. The van der Waals surface area contributed by atoms with Crippen molar-refractivity contribution in [2.24, 2.45) is 0 Å².